The summed E-state index contributed by atoms with van der Waals surface area (Å²) in [6.07, 6.45) is 3.16. The number of aromatic nitrogens is 1. The number of anilines is 1. The summed E-state index contributed by atoms with van der Waals surface area (Å²) >= 11 is 1.41. The van der Waals surface area contributed by atoms with Gasteiger partial charge in [-0.05, 0) is 42.8 Å². The largest absolute Gasteiger partial charge is 0.493 e. The molecule has 1 heterocycles. The second kappa shape index (κ2) is 11.1. The minimum absolute atomic E-state index is 0.118. The van der Waals surface area contributed by atoms with Gasteiger partial charge in [0.25, 0.3) is 0 Å². The maximum atomic E-state index is 12.3. The molecule has 8 heteroatoms. The third kappa shape index (κ3) is 6.68. The van der Waals surface area contributed by atoms with Crippen LogP contribution in [-0.2, 0) is 27.4 Å². The van der Waals surface area contributed by atoms with Gasteiger partial charge in [0.15, 0.2) is 11.5 Å². The van der Waals surface area contributed by atoms with Gasteiger partial charge in [-0.1, -0.05) is 23.8 Å². The van der Waals surface area contributed by atoms with Gasteiger partial charge < -0.3 is 19.5 Å². The van der Waals surface area contributed by atoms with E-state index in [0.717, 1.165) is 22.5 Å². The number of hydrogen-bond acceptors (Lipinski definition) is 7. The molecule has 166 valence electrons. The van der Waals surface area contributed by atoms with Crippen LogP contribution in [0.4, 0.5) is 5.69 Å². The van der Waals surface area contributed by atoms with Crippen molar-refractivity contribution < 1.29 is 23.8 Å². The quantitative estimate of drug-likeness (QED) is 0.382. The molecule has 3 aromatic rings. The number of benzene rings is 2. The van der Waals surface area contributed by atoms with Crippen LogP contribution in [0.3, 0.4) is 0 Å². The molecule has 1 N–H and O–H groups in total. The Hall–Kier alpha value is -3.65. The summed E-state index contributed by atoms with van der Waals surface area (Å²) in [5.74, 6) is 0.531. The molecular weight excluding hydrogens is 428 g/mol. The molecule has 32 heavy (non-hydrogen) atoms. The molecule has 1 aromatic heterocycles. The number of hydrogen-bond donors (Lipinski definition) is 1. The van der Waals surface area contributed by atoms with Crippen molar-refractivity contribution >= 4 is 35.0 Å². The van der Waals surface area contributed by atoms with E-state index in [1.807, 2.05) is 36.6 Å². The molecule has 0 aliphatic heterocycles. The van der Waals surface area contributed by atoms with Crippen molar-refractivity contribution in [2.75, 3.05) is 19.5 Å². The number of rotatable bonds is 9. The van der Waals surface area contributed by atoms with E-state index in [4.69, 9.17) is 9.47 Å². The molecule has 0 fully saturated rings. The highest BCUT2D eigenvalue weighted by Crippen LogP contribution is 2.29. The minimum Gasteiger partial charge on any atom is -0.493 e. The predicted octanol–water partition coefficient (Wildman–Crippen LogP) is 4.41. The second-order valence-electron chi connectivity index (χ2n) is 6.88. The summed E-state index contributed by atoms with van der Waals surface area (Å²) in [6, 6.07) is 13.0. The van der Waals surface area contributed by atoms with Gasteiger partial charge in [-0.2, -0.15) is 0 Å². The Bertz CT molecular complexity index is 1110. The predicted molar refractivity (Wildman–Crippen MR) is 124 cm³/mol. The van der Waals surface area contributed by atoms with Crippen LogP contribution in [0, 0.1) is 6.92 Å². The number of amides is 1. The molecule has 0 aliphatic rings. The first kappa shape index (κ1) is 23.0. The van der Waals surface area contributed by atoms with E-state index < -0.39 is 5.97 Å². The van der Waals surface area contributed by atoms with E-state index in [2.05, 4.69) is 15.0 Å². The number of carbonyl (C=O) groups excluding carboxylic acids is 2. The lowest BCUT2D eigenvalue weighted by Crippen LogP contribution is -2.14. The summed E-state index contributed by atoms with van der Waals surface area (Å²) in [6.45, 7) is 2.24. The summed E-state index contributed by atoms with van der Waals surface area (Å²) in [4.78, 5) is 28.0. The molecule has 3 rings (SSSR count). The molecule has 1 amide bonds. The van der Waals surface area contributed by atoms with Crippen LogP contribution in [0.15, 0.2) is 53.9 Å². The van der Waals surface area contributed by atoms with E-state index in [1.54, 1.807) is 31.4 Å². The van der Waals surface area contributed by atoms with E-state index >= 15 is 0 Å². The summed E-state index contributed by atoms with van der Waals surface area (Å²) in [5, 5.41) is 5.45. The van der Waals surface area contributed by atoms with Crippen LogP contribution in [0.1, 0.15) is 21.8 Å². The molecule has 0 saturated heterocycles. The highest BCUT2D eigenvalue weighted by atomic mass is 32.1. The van der Waals surface area contributed by atoms with Crippen molar-refractivity contribution in [3.05, 3.63) is 75.7 Å². The summed E-state index contributed by atoms with van der Waals surface area (Å²) in [5.41, 5.74) is 3.40. The van der Waals surface area contributed by atoms with Crippen LogP contribution >= 0.6 is 11.3 Å². The maximum absolute atomic E-state index is 12.3. The highest BCUT2D eigenvalue weighted by molar-refractivity contribution is 7.09. The standard InChI is InChI=1S/C24H24N2O5S/c1-16-4-8-18(9-5-16)25-22(27)13-23-26-19(15-32-23)14-31-20-10-6-17(12-21(20)29-2)7-11-24(28)30-3/h4-12,15H,13-14H2,1-3H3,(H,25,27)/b11-7+. The molecule has 7 nitrogen and oxygen atoms in total. The van der Waals surface area contributed by atoms with Gasteiger partial charge in [0.1, 0.15) is 11.6 Å². The maximum Gasteiger partial charge on any atom is 0.330 e. The first-order valence-corrected chi connectivity index (χ1v) is 10.7. The molecule has 0 unspecified atom stereocenters. The number of thiazole rings is 1. The Morgan fingerprint density at radius 1 is 1.09 bits per heavy atom. The molecule has 0 atom stereocenters. The number of aryl methyl sites for hydroxylation is 1. The molecule has 0 spiro atoms. The van der Waals surface area contributed by atoms with Crippen molar-refractivity contribution in [2.24, 2.45) is 0 Å². The molecular formula is C24H24N2O5S. The first-order valence-electron chi connectivity index (χ1n) is 9.83. The van der Waals surface area contributed by atoms with Gasteiger partial charge >= 0.3 is 5.97 Å². The van der Waals surface area contributed by atoms with Crippen molar-refractivity contribution in [3.8, 4) is 11.5 Å². The smallest absolute Gasteiger partial charge is 0.330 e. The van der Waals surface area contributed by atoms with E-state index in [1.165, 1.54) is 24.5 Å². The van der Waals surface area contributed by atoms with Gasteiger partial charge in [-0.15, -0.1) is 11.3 Å². The monoisotopic (exact) mass is 452 g/mol. The zero-order chi connectivity index (χ0) is 22.9. The zero-order valence-electron chi connectivity index (χ0n) is 18.1. The van der Waals surface area contributed by atoms with Gasteiger partial charge in [0.2, 0.25) is 5.91 Å². The molecule has 2 aromatic carbocycles. The normalized spacial score (nSPS) is 10.7. The number of methoxy groups -OCH3 is 2. The average Bonchev–Trinajstić information content (AvgIpc) is 3.24. The lowest BCUT2D eigenvalue weighted by molar-refractivity contribution is -0.134. The second-order valence-corrected chi connectivity index (χ2v) is 7.82. The van der Waals surface area contributed by atoms with Crippen LogP contribution in [0.5, 0.6) is 11.5 Å². The number of carbonyl (C=O) groups is 2. The van der Waals surface area contributed by atoms with Gasteiger partial charge in [-0.25, -0.2) is 9.78 Å². The van der Waals surface area contributed by atoms with Gasteiger partial charge in [-0.3, -0.25) is 4.79 Å². The number of nitrogens with one attached hydrogen (secondary N) is 1. The Morgan fingerprint density at radius 2 is 1.88 bits per heavy atom. The van der Waals surface area contributed by atoms with Crippen LogP contribution in [0.2, 0.25) is 0 Å². The lowest BCUT2D eigenvalue weighted by atomic mass is 10.2. The van der Waals surface area contributed by atoms with Crippen LogP contribution in [-0.4, -0.2) is 31.1 Å². The Morgan fingerprint density at radius 3 is 2.59 bits per heavy atom. The van der Waals surface area contributed by atoms with Crippen molar-refractivity contribution in [3.63, 3.8) is 0 Å². The third-order valence-corrected chi connectivity index (χ3v) is 5.32. The van der Waals surface area contributed by atoms with Gasteiger partial charge in [0.05, 0.1) is 26.3 Å². The number of nitrogens with zero attached hydrogens (tertiary/aromatic N) is 1. The zero-order valence-corrected chi connectivity index (χ0v) is 18.9. The van der Waals surface area contributed by atoms with E-state index in [-0.39, 0.29) is 18.9 Å². The summed E-state index contributed by atoms with van der Waals surface area (Å²) < 4.78 is 15.8. The fraction of sp³-hybridized carbons (Fsp3) is 0.208. The van der Waals surface area contributed by atoms with Crippen molar-refractivity contribution in [1.29, 1.82) is 0 Å². The van der Waals surface area contributed by atoms with Gasteiger partial charge in [0, 0.05) is 17.1 Å². The molecule has 0 bridgehead atoms. The fourth-order valence-corrected chi connectivity index (χ4v) is 3.54. The van der Waals surface area contributed by atoms with E-state index in [9.17, 15) is 9.59 Å². The lowest BCUT2D eigenvalue weighted by Gasteiger charge is -2.10. The molecule has 0 saturated carbocycles. The molecule has 0 aliphatic carbocycles. The van der Waals surface area contributed by atoms with Crippen molar-refractivity contribution in [2.45, 2.75) is 20.0 Å². The average molecular weight is 453 g/mol. The third-order valence-electron chi connectivity index (χ3n) is 4.42. The number of ether oxygens (including phenoxy) is 3. The SMILES string of the molecule is COC(=O)/C=C/c1ccc(OCc2csc(CC(=O)Nc3ccc(C)cc3)n2)c(OC)c1. The Kier molecular flexibility index (Phi) is 7.99. The van der Waals surface area contributed by atoms with Crippen LogP contribution in [0.25, 0.3) is 6.08 Å². The Balaban J connectivity index is 1.56. The topological polar surface area (TPSA) is 86.8 Å². The fourth-order valence-electron chi connectivity index (χ4n) is 2.77. The highest BCUT2D eigenvalue weighted by Gasteiger charge is 2.11. The minimum atomic E-state index is -0.434. The number of esters is 1. The van der Waals surface area contributed by atoms with Crippen LogP contribution < -0.4 is 14.8 Å². The summed E-state index contributed by atoms with van der Waals surface area (Å²) in [7, 11) is 2.87. The van der Waals surface area contributed by atoms with Crippen molar-refractivity contribution in [1.82, 2.24) is 4.98 Å². The first-order chi connectivity index (χ1) is 15.5. The van der Waals surface area contributed by atoms with E-state index in [0.29, 0.717) is 16.5 Å². The Labute approximate surface area is 190 Å². The molecule has 0 radical (unpaired) electrons.